The summed E-state index contributed by atoms with van der Waals surface area (Å²) in [4.78, 5) is 23.7. The quantitative estimate of drug-likeness (QED) is 0.788. The average molecular weight is 272 g/mol. The lowest BCUT2D eigenvalue weighted by molar-refractivity contribution is 0.0524. The highest BCUT2D eigenvalue weighted by Gasteiger charge is 2.17. The van der Waals surface area contributed by atoms with E-state index in [9.17, 15) is 9.59 Å². The maximum absolute atomic E-state index is 12.0. The van der Waals surface area contributed by atoms with Crippen LogP contribution < -0.4 is 5.43 Å². The Hall–Kier alpha value is -1.33. The van der Waals surface area contributed by atoms with E-state index >= 15 is 0 Å². The van der Waals surface area contributed by atoms with Crippen LogP contribution in [0.1, 0.15) is 17.3 Å². The molecule has 2 aromatic heterocycles. The van der Waals surface area contributed by atoms with Crippen molar-refractivity contribution < 1.29 is 9.53 Å². The lowest BCUT2D eigenvalue weighted by Crippen LogP contribution is -2.19. The molecular formula is C11H10ClNO3S. The molecule has 0 spiro atoms. The summed E-state index contributed by atoms with van der Waals surface area (Å²) in [5.74, 6) is -0.598. The fourth-order valence-electron chi connectivity index (χ4n) is 1.58. The van der Waals surface area contributed by atoms with Crippen LogP contribution in [0, 0.1) is 0 Å². The average Bonchev–Trinajstić information content (AvgIpc) is 2.66. The fraction of sp³-hybridized carbons (Fsp3) is 0.273. The molecule has 0 aliphatic carbocycles. The second-order valence-corrected chi connectivity index (χ2v) is 5.15. The maximum atomic E-state index is 12.0. The molecule has 17 heavy (non-hydrogen) atoms. The third kappa shape index (κ3) is 2.08. The minimum absolute atomic E-state index is 0.0420. The van der Waals surface area contributed by atoms with Crippen LogP contribution in [-0.4, -0.2) is 17.1 Å². The van der Waals surface area contributed by atoms with Crippen molar-refractivity contribution in [2.75, 3.05) is 6.61 Å². The van der Waals surface area contributed by atoms with Crippen LogP contribution in [0.3, 0.4) is 0 Å². The molecule has 0 aliphatic rings. The van der Waals surface area contributed by atoms with Crippen molar-refractivity contribution in [3.05, 3.63) is 32.4 Å². The van der Waals surface area contributed by atoms with E-state index in [0.717, 1.165) is 5.52 Å². The van der Waals surface area contributed by atoms with Gasteiger partial charge in [0.25, 0.3) is 0 Å². The largest absolute Gasteiger partial charge is 0.462 e. The molecule has 0 unspecified atom stereocenters. The Morgan fingerprint density at radius 3 is 2.94 bits per heavy atom. The van der Waals surface area contributed by atoms with Gasteiger partial charge in [-0.2, -0.15) is 0 Å². The molecule has 0 saturated heterocycles. The summed E-state index contributed by atoms with van der Waals surface area (Å²) in [6.07, 6.45) is 1.48. The van der Waals surface area contributed by atoms with E-state index in [0.29, 0.717) is 9.04 Å². The van der Waals surface area contributed by atoms with Crippen molar-refractivity contribution in [2.45, 2.75) is 6.92 Å². The molecule has 2 heterocycles. The summed E-state index contributed by atoms with van der Waals surface area (Å²) in [6, 6.07) is 1.71. The summed E-state index contributed by atoms with van der Waals surface area (Å²) in [6.45, 7) is 1.94. The zero-order valence-electron chi connectivity index (χ0n) is 9.32. The first-order valence-electron chi connectivity index (χ1n) is 5.00. The van der Waals surface area contributed by atoms with Gasteiger partial charge < -0.3 is 9.30 Å². The van der Waals surface area contributed by atoms with Crippen molar-refractivity contribution >= 4 is 39.1 Å². The molecule has 0 bridgehead atoms. The third-order valence-electron chi connectivity index (χ3n) is 2.33. The molecule has 2 rings (SSSR count). The van der Waals surface area contributed by atoms with Crippen molar-refractivity contribution in [3.8, 4) is 0 Å². The zero-order valence-corrected chi connectivity index (χ0v) is 10.9. The minimum Gasteiger partial charge on any atom is -0.462 e. The third-order valence-corrected chi connectivity index (χ3v) is 3.58. The first-order valence-corrected chi connectivity index (χ1v) is 6.19. The number of hydrogen-bond donors (Lipinski definition) is 0. The highest BCUT2D eigenvalue weighted by Crippen LogP contribution is 2.26. The van der Waals surface area contributed by atoms with E-state index < -0.39 is 5.97 Å². The standard InChI is InChI=1S/C11H10ClNO3S/c1-3-16-11(15)6-5-13(2)7-4-8(12)17-10(7)9(6)14/h4-5H,3H2,1-2H3. The summed E-state index contributed by atoms with van der Waals surface area (Å²) in [7, 11) is 1.76. The molecule has 0 fully saturated rings. The molecule has 0 amide bonds. The van der Waals surface area contributed by atoms with Crippen molar-refractivity contribution in [1.29, 1.82) is 0 Å². The predicted molar refractivity (Wildman–Crippen MR) is 68.0 cm³/mol. The number of aromatic nitrogens is 1. The zero-order chi connectivity index (χ0) is 12.6. The van der Waals surface area contributed by atoms with Gasteiger partial charge in [0.1, 0.15) is 10.3 Å². The van der Waals surface area contributed by atoms with E-state index in [1.807, 2.05) is 0 Å². The highest BCUT2D eigenvalue weighted by atomic mass is 35.5. The number of nitrogens with zero attached hydrogens (tertiary/aromatic N) is 1. The predicted octanol–water partition coefficient (Wildman–Crippen LogP) is 2.43. The Kier molecular flexibility index (Phi) is 3.22. The van der Waals surface area contributed by atoms with Gasteiger partial charge in [-0.1, -0.05) is 11.6 Å². The van der Waals surface area contributed by atoms with E-state index in [-0.39, 0.29) is 17.6 Å². The number of rotatable bonds is 2. The lowest BCUT2D eigenvalue weighted by Gasteiger charge is -2.05. The minimum atomic E-state index is -0.598. The summed E-state index contributed by atoms with van der Waals surface area (Å²) in [5.41, 5.74) is 0.437. The van der Waals surface area contributed by atoms with Gasteiger partial charge in [-0.05, 0) is 13.0 Å². The molecule has 4 nitrogen and oxygen atoms in total. The van der Waals surface area contributed by atoms with E-state index in [1.165, 1.54) is 17.5 Å². The normalized spacial score (nSPS) is 10.8. The number of fused-ring (bicyclic) bond motifs is 1. The van der Waals surface area contributed by atoms with Gasteiger partial charge in [0, 0.05) is 13.2 Å². The number of aryl methyl sites for hydroxylation is 1. The van der Waals surface area contributed by atoms with Crippen LogP contribution in [0.4, 0.5) is 0 Å². The Labute approximate surface area is 106 Å². The molecule has 2 aromatic rings. The first kappa shape index (κ1) is 12.1. The molecule has 90 valence electrons. The van der Waals surface area contributed by atoms with Gasteiger partial charge in [-0.15, -0.1) is 11.3 Å². The summed E-state index contributed by atoms with van der Waals surface area (Å²) >= 11 is 7.04. The van der Waals surface area contributed by atoms with Crippen LogP contribution in [-0.2, 0) is 11.8 Å². The molecule has 6 heteroatoms. The van der Waals surface area contributed by atoms with E-state index in [4.69, 9.17) is 16.3 Å². The molecule has 0 aliphatic heterocycles. The van der Waals surface area contributed by atoms with Gasteiger partial charge in [0.15, 0.2) is 0 Å². The van der Waals surface area contributed by atoms with Crippen molar-refractivity contribution in [3.63, 3.8) is 0 Å². The fourth-order valence-corrected chi connectivity index (χ4v) is 2.79. The van der Waals surface area contributed by atoms with Crippen LogP contribution >= 0.6 is 22.9 Å². The summed E-state index contributed by atoms with van der Waals surface area (Å²) < 4.78 is 7.54. The van der Waals surface area contributed by atoms with Gasteiger partial charge in [-0.25, -0.2) is 4.79 Å². The second kappa shape index (κ2) is 4.50. The van der Waals surface area contributed by atoms with Gasteiger partial charge >= 0.3 is 5.97 Å². The number of hydrogen-bond acceptors (Lipinski definition) is 4. The van der Waals surface area contributed by atoms with Crippen molar-refractivity contribution in [2.24, 2.45) is 7.05 Å². The van der Waals surface area contributed by atoms with Crippen LogP contribution in [0.2, 0.25) is 4.34 Å². The second-order valence-electron chi connectivity index (χ2n) is 3.47. The molecule has 0 radical (unpaired) electrons. The first-order chi connectivity index (χ1) is 8.04. The lowest BCUT2D eigenvalue weighted by atomic mass is 10.2. The molecule has 0 atom stereocenters. The topological polar surface area (TPSA) is 48.3 Å². The molecule has 0 saturated carbocycles. The maximum Gasteiger partial charge on any atom is 0.343 e. The van der Waals surface area contributed by atoms with Gasteiger partial charge in [0.2, 0.25) is 5.43 Å². The number of esters is 1. The van der Waals surface area contributed by atoms with Crippen LogP contribution in [0.15, 0.2) is 17.1 Å². The number of carbonyl (C=O) groups excluding carboxylic acids is 1. The number of carbonyl (C=O) groups is 1. The van der Waals surface area contributed by atoms with Crippen LogP contribution in [0.25, 0.3) is 10.2 Å². The van der Waals surface area contributed by atoms with Crippen molar-refractivity contribution in [1.82, 2.24) is 4.57 Å². The highest BCUT2D eigenvalue weighted by molar-refractivity contribution is 7.22. The molecule has 0 N–H and O–H groups in total. The number of thiophene rings is 1. The monoisotopic (exact) mass is 271 g/mol. The van der Waals surface area contributed by atoms with Gasteiger partial charge in [-0.3, -0.25) is 4.79 Å². The molecular weight excluding hydrogens is 262 g/mol. The van der Waals surface area contributed by atoms with Gasteiger partial charge in [0.05, 0.1) is 16.5 Å². The Morgan fingerprint density at radius 1 is 1.59 bits per heavy atom. The number of halogens is 1. The smallest absolute Gasteiger partial charge is 0.343 e. The van der Waals surface area contributed by atoms with E-state index in [2.05, 4.69) is 0 Å². The number of ether oxygens (including phenoxy) is 1. The Balaban J connectivity index is 2.71. The number of pyridine rings is 1. The summed E-state index contributed by atoms with van der Waals surface area (Å²) in [5, 5.41) is 0. The SMILES string of the molecule is CCOC(=O)c1cn(C)c2cc(Cl)sc2c1=O. The van der Waals surface area contributed by atoms with Crippen LogP contribution in [0.5, 0.6) is 0 Å². The Morgan fingerprint density at radius 2 is 2.29 bits per heavy atom. The Bertz CT molecular complexity index is 644. The van der Waals surface area contributed by atoms with E-state index in [1.54, 1.807) is 24.6 Å². The molecule has 0 aromatic carbocycles.